The maximum Gasteiger partial charge on any atom is 0.277 e. The van der Waals surface area contributed by atoms with Gasteiger partial charge in [-0.3, -0.25) is 5.41 Å². The number of amidine groups is 1. The summed E-state index contributed by atoms with van der Waals surface area (Å²) in [6.45, 7) is 0.815. The van der Waals surface area contributed by atoms with Gasteiger partial charge < -0.3 is 20.8 Å². The Kier molecular flexibility index (Phi) is 6.18. The molecule has 0 unspecified atom stereocenters. The van der Waals surface area contributed by atoms with Gasteiger partial charge in [-0.05, 0) is 30.3 Å². The number of hydrogen-bond donors (Lipinski definition) is 5. The fourth-order valence-corrected chi connectivity index (χ4v) is 3.05. The Balaban J connectivity index is 1.85. The van der Waals surface area contributed by atoms with Crippen LogP contribution in [0.2, 0.25) is 10.0 Å². The lowest BCUT2D eigenvalue weighted by molar-refractivity contribution is 0.192. The van der Waals surface area contributed by atoms with Crippen LogP contribution in [0.4, 0.5) is 5.82 Å². The lowest BCUT2D eigenvalue weighted by Gasteiger charge is -2.12. The van der Waals surface area contributed by atoms with Crippen LogP contribution in [0.1, 0.15) is 0 Å². The number of aliphatic hydroxyl groups excluding tert-OH is 1. The molecule has 1 aromatic heterocycles. The Hall–Kier alpha value is -3.03. The monoisotopic (exact) mass is 417 g/mol. The average molecular weight is 418 g/mol. The van der Waals surface area contributed by atoms with Gasteiger partial charge in [0.25, 0.3) is 5.95 Å². The van der Waals surface area contributed by atoms with Crippen molar-refractivity contribution in [2.75, 3.05) is 18.4 Å². The van der Waals surface area contributed by atoms with Crippen molar-refractivity contribution in [3.05, 3.63) is 64.5 Å². The fourth-order valence-electron chi connectivity index (χ4n) is 2.56. The van der Waals surface area contributed by atoms with Crippen molar-refractivity contribution in [1.82, 2.24) is 15.3 Å². The minimum atomic E-state index is -0.920. The number of nitrogens with zero attached hydrogens (tertiary/aromatic N) is 2. The van der Waals surface area contributed by atoms with Crippen molar-refractivity contribution in [1.29, 1.82) is 5.41 Å². The second kappa shape index (κ2) is 8.77. The molecule has 0 atom stereocenters. The van der Waals surface area contributed by atoms with Crippen molar-refractivity contribution >= 4 is 45.8 Å². The number of halogens is 2. The van der Waals surface area contributed by atoms with Gasteiger partial charge in [0.15, 0.2) is 5.82 Å². The van der Waals surface area contributed by atoms with Gasteiger partial charge in [0.1, 0.15) is 11.7 Å². The summed E-state index contributed by atoms with van der Waals surface area (Å²) in [5, 5.41) is 32.8. The van der Waals surface area contributed by atoms with Crippen LogP contribution in [-0.2, 0) is 0 Å². The standard InChI is InChI=1S/C19H17Cl2N5O2/c20-11-5-6-12(14(21)9-11)19-25-15-4-2-1-3-13(15)18(26-19)24-8-7-23-16(22)10-17(27)28/h1-6,9-10,27-28H,7-8H2,(H2,22,23)(H,24,25,26). The molecule has 5 N–H and O–H groups in total. The molecule has 7 nitrogen and oxygen atoms in total. The molecule has 0 amide bonds. The zero-order valence-corrected chi connectivity index (χ0v) is 16.1. The normalized spacial score (nSPS) is 10.5. The van der Waals surface area contributed by atoms with Crippen LogP contribution in [0.3, 0.4) is 0 Å². The van der Waals surface area contributed by atoms with E-state index in [0.29, 0.717) is 40.3 Å². The van der Waals surface area contributed by atoms with E-state index in [0.717, 1.165) is 17.0 Å². The molecule has 0 aliphatic rings. The number of rotatable bonds is 6. The van der Waals surface area contributed by atoms with E-state index in [1.165, 1.54) is 0 Å². The largest absolute Gasteiger partial charge is 0.481 e. The number of fused-ring (bicyclic) bond motifs is 1. The predicted molar refractivity (Wildman–Crippen MR) is 113 cm³/mol. The molecule has 3 aromatic rings. The molecule has 0 bridgehead atoms. The second-order valence-corrected chi connectivity index (χ2v) is 6.65. The topological polar surface area (TPSA) is 114 Å². The number of para-hydroxylation sites is 1. The maximum absolute atomic E-state index is 8.74. The van der Waals surface area contributed by atoms with Gasteiger partial charge >= 0.3 is 0 Å². The summed E-state index contributed by atoms with van der Waals surface area (Å²) >= 11 is 12.3. The van der Waals surface area contributed by atoms with E-state index >= 15 is 0 Å². The molecule has 0 saturated heterocycles. The first-order valence-corrected chi connectivity index (χ1v) is 9.08. The molecule has 0 fully saturated rings. The summed E-state index contributed by atoms with van der Waals surface area (Å²) < 4.78 is 0. The summed E-state index contributed by atoms with van der Waals surface area (Å²) in [5.74, 6) is 0.0666. The maximum atomic E-state index is 8.74. The molecule has 3 rings (SSSR count). The van der Waals surface area contributed by atoms with Gasteiger partial charge in [-0.1, -0.05) is 35.3 Å². The first kappa shape index (κ1) is 19.7. The molecule has 0 aliphatic carbocycles. The smallest absolute Gasteiger partial charge is 0.277 e. The van der Waals surface area contributed by atoms with Gasteiger partial charge in [0, 0.05) is 29.1 Å². The second-order valence-electron chi connectivity index (χ2n) is 5.81. The zero-order chi connectivity index (χ0) is 20.1. The van der Waals surface area contributed by atoms with Crippen molar-refractivity contribution < 1.29 is 10.2 Å². The van der Waals surface area contributed by atoms with Crippen molar-refractivity contribution in [3.63, 3.8) is 0 Å². The highest BCUT2D eigenvalue weighted by atomic mass is 35.5. The average Bonchev–Trinajstić information content (AvgIpc) is 2.64. The molecule has 0 aliphatic heterocycles. The van der Waals surface area contributed by atoms with Gasteiger partial charge in [-0.2, -0.15) is 0 Å². The number of aliphatic hydroxyl groups is 2. The van der Waals surface area contributed by atoms with E-state index in [-0.39, 0.29) is 5.84 Å². The van der Waals surface area contributed by atoms with E-state index in [9.17, 15) is 0 Å². The third-order valence-electron chi connectivity index (χ3n) is 3.78. The molecule has 0 saturated carbocycles. The van der Waals surface area contributed by atoms with Crippen molar-refractivity contribution in [3.8, 4) is 11.4 Å². The van der Waals surface area contributed by atoms with Crippen LogP contribution in [0, 0.1) is 5.41 Å². The summed E-state index contributed by atoms with van der Waals surface area (Å²) in [5.41, 5.74) is 1.43. The minimum absolute atomic E-state index is 0.108. The molecule has 0 radical (unpaired) electrons. The highest BCUT2D eigenvalue weighted by molar-refractivity contribution is 6.36. The van der Waals surface area contributed by atoms with Crippen LogP contribution in [0.5, 0.6) is 0 Å². The zero-order valence-electron chi connectivity index (χ0n) is 14.6. The quantitative estimate of drug-likeness (QED) is 0.174. The van der Waals surface area contributed by atoms with E-state index in [4.69, 9.17) is 38.8 Å². The third-order valence-corrected chi connectivity index (χ3v) is 4.33. The van der Waals surface area contributed by atoms with Crippen LogP contribution in [-0.4, -0.2) is 39.1 Å². The predicted octanol–water partition coefficient (Wildman–Crippen LogP) is 4.54. The number of benzene rings is 2. The molecule has 1 heterocycles. The van der Waals surface area contributed by atoms with Gasteiger partial charge in [0.2, 0.25) is 0 Å². The summed E-state index contributed by atoms with van der Waals surface area (Å²) in [6, 6.07) is 12.7. The molecule has 9 heteroatoms. The van der Waals surface area contributed by atoms with E-state index in [1.54, 1.807) is 18.2 Å². The fraction of sp³-hybridized carbons (Fsp3) is 0.105. The Morgan fingerprint density at radius 1 is 1.07 bits per heavy atom. The molecule has 2 aromatic carbocycles. The molecule has 0 spiro atoms. The molecular formula is C19H17Cl2N5O2. The van der Waals surface area contributed by atoms with Crippen LogP contribution in [0.15, 0.2) is 54.5 Å². The Bertz CT molecular complexity index is 1050. The highest BCUT2D eigenvalue weighted by Crippen LogP contribution is 2.31. The number of anilines is 1. The summed E-state index contributed by atoms with van der Waals surface area (Å²) in [7, 11) is 0. The first-order chi connectivity index (χ1) is 13.4. The van der Waals surface area contributed by atoms with Crippen LogP contribution < -0.4 is 10.6 Å². The van der Waals surface area contributed by atoms with E-state index < -0.39 is 5.95 Å². The SMILES string of the molecule is N=C(C=C(O)O)NCCNc1nc(-c2ccc(Cl)cc2Cl)nc2ccccc12. The van der Waals surface area contributed by atoms with Gasteiger partial charge in [0.05, 0.1) is 16.6 Å². The van der Waals surface area contributed by atoms with Gasteiger partial charge in [-0.15, -0.1) is 0 Å². The first-order valence-electron chi connectivity index (χ1n) is 8.32. The highest BCUT2D eigenvalue weighted by Gasteiger charge is 2.12. The number of aromatic nitrogens is 2. The van der Waals surface area contributed by atoms with Gasteiger partial charge in [-0.25, -0.2) is 9.97 Å². The van der Waals surface area contributed by atoms with E-state index in [1.807, 2.05) is 24.3 Å². The van der Waals surface area contributed by atoms with Crippen LogP contribution in [0.25, 0.3) is 22.3 Å². The molecule has 28 heavy (non-hydrogen) atoms. The molecule has 144 valence electrons. The number of hydrogen-bond acceptors (Lipinski definition) is 6. The van der Waals surface area contributed by atoms with Crippen molar-refractivity contribution in [2.45, 2.75) is 0 Å². The van der Waals surface area contributed by atoms with E-state index in [2.05, 4.69) is 20.6 Å². The number of nitrogens with one attached hydrogen (secondary N) is 3. The Labute approximate surface area is 171 Å². The lowest BCUT2D eigenvalue weighted by Crippen LogP contribution is -2.27. The lowest BCUT2D eigenvalue weighted by atomic mass is 10.2. The molecular weight excluding hydrogens is 401 g/mol. The Morgan fingerprint density at radius 3 is 2.61 bits per heavy atom. The summed E-state index contributed by atoms with van der Waals surface area (Å²) in [6.07, 6.45) is 0.903. The van der Waals surface area contributed by atoms with Crippen LogP contribution >= 0.6 is 23.2 Å². The van der Waals surface area contributed by atoms with Crippen molar-refractivity contribution in [2.24, 2.45) is 0 Å². The minimum Gasteiger partial charge on any atom is -0.481 e. The third kappa shape index (κ3) is 4.82. The summed E-state index contributed by atoms with van der Waals surface area (Å²) in [4.78, 5) is 9.20. The Morgan fingerprint density at radius 2 is 1.86 bits per heavy atom.